The minimum Gasteiger partial charge on any atom is -0.349 e. The van der Waals surface area contributed by atoms with Crippen molar-refractivity contribution in [3.63, 3.8) is 0 Å². The highest BCUT2D eigenvalue weighted by atomic mass is 16.2. The Morgan fingerprint density at radius 1 is 1.35 bits per heavy atom. The minimum absolute atomic E-state index is 0.0766. The van der Waals surface area contributed by atoms with E-state index in [1.165, 1.54) is 6.92 Å². The van der Waals surface area contributed by atoms with Crippen molar-refractivity contribution in [2.24, 2.45) is 11.7 Å². The van der Waals surface area contributed by atoms with Crippen LogP contribution in [0.5, 0.6) is 0 Å². The van der Waals surface area contributed by atoms with Crippen molar-refractivity contribution < 1.29 is 9.59 Å². The molecule has 1 aromatic carbocycles. The van der Waals surface area contributed by atoms with Gasteiger partial charge in [-0.2, -0.15) is 0 Å². The number of hydrogen-bond donors (Lipinski definition) is 2. The molecule has 1 heterocycles. The predicted octanol–water partition coefficient (Wildman–Crippen LogP) is 1.76. The molecule has 126 valence electrons. The number of nitrogens with zero attached hydrogens (tertiary/aromatic N) is 1. The Kier molecular flexibility index (Phi) is 5.77. The van der Waals surface area contributed by atoms with Gasteiger partial charge < -0.3 is 16.0 Å². The molecule has 3 unspecified atom stereocenters. The molecular weight excluding hydrogens is 290 g/mol. The van der Waals surface area contributed by atoms with Gasteiger partial charge in [0, 0.05) is 19.5 Å². The molecule has 1 aliphatic rings. The molecule has 5 nitrogen and oxygen atoms in total. The van der Waals surface area contributed by atoms with Crippen LogP contribution in [-0.4, -0.2) is 35.8 Å². The van der Waals surface area contributed by atoms with Crippen molar-refractivity contribution in [3.05, 3.63) is 35.4 Å². The van der Waals surface area contributed by atoms with Crippen LogP contribution in [-0.2, 0) is 9.59 Å². The second-order valence-electron chi connectivity index (χ2n) is 6.60. The smallest absolute Gasteiger partial charge is 0.225 e. The maximum Gasteiger partial charge on any atom is 0.225 e. The summed E-state index contributed by atoms with van der Waals surface area (Å²) in [6, 6.07) is 7.87. The van der Waals surface area contributed by atoms with Crippen molar-refractivity contribution in [2.45, 2.75) is 45.7 Å². The Balaban J connectivity index is 2.09. The van der Waals surface area contributed by atoms with Gasteiger partial charge in [0.15, 0.2) is 0 Å². The number of carbonyl (C=O) groups excluding carboxylic acids is 2. The summed E-state index contributed by atoms with van der Waals surface area (Å²) < 4.78 is 0. The summed E-state index contributed by atoms with van der Waals surface area (Å²) in [5.74, 6) is 0.331. The second kappa shape index (κ2) is 7.59. The van der Waals surface area contributed by atoms with Crippen LogP contribution < -0.4 is 11.1 Å². The summed E-state index contributed by atoms with van der Waals surface area (Å²) in [7, 11) is 0. The van der Waals surface area contributed by atoms with E-state index in [9.17, 15) is 9.59 Å². The molecule has 0 spiro atoms. The lowest BCUT2D eigenvalue weighted by Crippen LogP contribution is -2.38. The van der Waals surface area contributed by atoms with E-state index in [0.29, 0.717) is 12.5 Å². The SMILES string of the molecule is CC(=O)NC(CC(=O)N1CC(CN)CC1C)c1ccc(C)cc1. The summed E-state index contributed by atoms with van der Waals surface area (Å²) in [5.41, 5.74) is 7.85. The first kappa shape index (κ1) is 17.5. The highest BCUT2D eigenvalue weighted by molar-refractivity contribution is 5.79. The molecule has 0 saturated carbocycles. The van der Waals surface area contributed by atoms with Crippen LogP contribution in [0.1, 0.15) is 43.9 Å². The van der Waals surface area contributed by atoms with Crippen molar-refractivity contribution in [2.75, 3.05) is 13.1 Å². The number of carbonyl (C=O) groups is 2. The molecule has 0 aromatic heterocycles. The minimum atomic E-state index is -0.287. The van der Waals surface area contributed by atoms with Gasteiger partial charge in [-0.15, -0.1) is 0 Å². The molecule has 1 fully saturated rings. The van der Waals surface area contributed by atoms with Crippen LogP contribution in [0.4, 0.5) is 0 Å². The fraction of sp³-hybridized carbons (Fsp3) is 0.556. The predicted molar refractivity (Wildman–Crippen MR) is 90.7 cm³/mol. The van der Waals surface area contributed by atoms with Gasteiger partial charge in [-0.05, 0) is 38.3 Å². The highest BCUT2D eigenvalue weighted by Crippen LogP contribution is 2.26. The van der Waals surface area contributed by atoms with Gasteiger partial charge in [-0.25, -0.2) is 0 Å². The Morgan fingerprint density at radius 2 is 2.00 bits per heavy atom. The Hall–Kier alpha value is -1.88. The summed E-state index contributed by atoms with van der Waals surface area (Å²) in [6.07, 6.45) is 1.24. The van der Waals surface area contributed by atoms with Crippen LogP contribution in [0.15, 0.2) is 24.3 Å². The van der Waals surface area contributed by atoms with Crippen LogP contribution >= 0.6 is 0 Å². The van der Waals surface area contributed by atoms with Crippen LogP contribution in [0, 0.1) is 12.8 Å². The van der Waals surface area contributed by atoms with Crippen molar-refractivity contribution in [1.82, 2.24) is 10.2 Å². The molecule has 0 bridgehead atoms. The maximum atomic E-state index is 12.7. The molecule has 3 atom stereocenters. The number of amides is 2. The van der Waals surface area contributed by atoms with E-state index >= 15 is 0 Å². The average Bonchev–Trinajstić information content (AvgIpc) is 2.88. The van der Waals surface area contributed by atoms with Crippen molar-refractivity contribution in [3.8, 4) is 0 Å². The average molecular weight is 317 g/mol. The van der Waals surface area contributed by atoms with Crippen molar-refractivity contribution in [1.29, 1.82) is 0 Å². The van der Waals surface area contributed by atoms with Gasteiger partial charge in [0.25, 0.3) is 0 Å². The Labute approximate surface area is 138 Å². The van der Waals surface area contributed by atoms with Gasteiger partial charge in [-0.1, -0.05) is 29.8 Å². The third kappa shape index (κ3) is 4.55. The third-order valence-electron chi connectivity index (χ3n) is 4.55. The summed E-state index contributed by atoms with van der Waals surface area (Å²) in [5, 5.41) is 2.90. The standard InChI is InChI=1S/C18H27N3O2/c1-12-4-6-16(7-5-12)17(20-14(3)22)9-18(23)21-11-15(10-19)8-13(21)2/h4-7,13,15,17H,8-11,19H2,1-3H3,(H,20,22). The molecule has 0 aliphatic carbocycles. The largest absolute Gasteiger partial charge is 0.349 e. The van der Waals surface area contributed by atoms with E-state index in [1.54, 1.807) is 0 Å². The summed E-state index contributed by atoms with van der Waals surface area (Å²) >= 11 is 0. The fourth-order valence-electron chi connectivity index (χ4n) is 3.25. The monoisotopic (exact) mass is 317 g/mol. The van der Waals surface area contributed by atoms with E-state index in [1.807, 2.05) is 36.1 Å². The van der Waals surface area contributed by atoms with Gasteiger partial charge in [0.2, 0.25) is 11.8 Å². The maximum absolute atomic E-state index is 12.7. The van der Waals surface area contributed by atoms with Crippen LogP contribution in [0.2, 0.25) is 0 Å². The highest BCUT2D eigenvalue weighted by Gasteiger charge is 2.32. The number of nitrogens with two attached hydrogens (primary N) is 1. The number of rotatable bonds is 5. The van der Waals surface area contributed by atoms with E-state index in [2.05, 4.69) is 12.2 Å². The normalized spacial score (nSPS) is 22.0. The zero-order valence-corrected chi connectivity index (χ0v) is 14.2. The second-order valence-corrected chi connectivity index (χ2v) is 6.60. The molecule has 1 aromatic rings. The van der Waals surface area contributed by atoms with Crippen LogP contribution in [0.25, 0.3) is 0 Å². The first-order valence-corrected chi connectivity index (χ1v) is 8.24. The summed E-state index contributed by atoms with van der Waals surface area (Å²) in [6.45, 7) is 6.89. The summed E-state index contributed by atoms with van der Waals surface area (Å²) in [4.78, 5) is 26.1. The van der Waals surface area contributed by atoms with Crippen molar-refractivity contribution >= 4 is 11.8 Å². The zero-order valence-electron chi connectivity index (χ0n) is 14.2. The van der Waals surface area contributed by atoms with Gasteiger partial charge >= 0.3 is 0 Å². The van der Waals surface area contributed by atoms with Crippen LogP contribution in [0.3, 0.4) is 0 Å². The molecule has 23 heavy (non-hydrogen) atoms. The number of nitrogens with one attached hydrogen (secondary N) is 1. The lowest BCUT2D eigenvalue weighted by Gasteiger charge is -2.25. The van der Waals surface area contributed by atoms with E-state index < -0.39 is 0 Å². The lowest BCUT2D eigenvalue weighted by atomic mass is 10.0. The lowest BCUT2D eigenvalue weighted by molar-refractivity contribution is -0.132. The number of hydrogen-bond acceptors (Lipinski definition) is 3. The molecule has 5 heteroatoms. The fourth-order valence-corrected chi connectivity index (χ4v) is 3.25. The topological polar surface area (TPSA) is 75.4 Å². The van der Waals surface area contributed by atoms with Gasteiger partial charge in [-0.3, -0.25) is 9.59 Å². The molecule has 3 N–H and O–H groups in total. The molecular formula is C18H27N3O2. The number of likely N-dealkylation sites (tertiary alicyclic amines) is 1. The number of aryl methyl sites for hydroxylation is 1. The zero-order chi connectivity index (χ0) is 17.0. The Morgan fingerprint density at radius 3 is 2.52 bits per heavy atom. The van der Waals surface area contributed by atoms with Gasteiger partial charge in [0.05, 0.1) is 12.5 Å². The van der Waals surface area contributed by atoms with E-state index in [0.717, 1.165) is 24.1 Å². The molecule has 0 radical (unpaired) electrons. The van der Waals surface area contributed by atoms with E-state index in [-0.39, 0.29) is 30.3 Å². The first-order chi connectivity index (χ1) is 10.9. The molecule has 2 amide bonds. The first-order valence-electron chi connectivity index (χ1n) is 8.24. The molecule has 1 aliphatic heterocycles. The molecule has 2 rings (SSSR count). The third-order valence-corrected chi connectivity index (χ3v) is 4.55. The number of benzene rings is 1. The Bertz CT molecular complexity index is 556. The molecule has 1 saturated heterocycles. The van der Waals surface area contributed by atoms with E-state index in [4.69, 9.17) is 5.73 Å². The van der Waals surface area contributed by atoms with Gasteiger partial charge in [0.1, 0.15) is 0 Å². The quantitative estimate of drug-likeness (QED) is 0.869.